The normalized spacial score (nSPS) is 16.6. The van der Waals surface area contributed by atoms with E-state index in [1.54, 1.807) is 6.20 Å². The van der Waals surface area contributed by atoms with Crippen LogP contribution in [-0.4, -0.2) is 58.5 Å². The van der Waals surface area contributed by atoms with Gasteiger partial charge in [-0.15, -0.1) is 0 Å². The number of aromatic amines is 1. The SMILES string of the molecule is CCC(Cc1c[nH]c2ccccc12)NC(=O)c1cnc(N2CCN(C(C)(C)C)CC2)o1. The summed E-state index contributed by atoms with van der Waals surface area (Å²) >= 11 is 0. The van der Waals surface area contributed by atoms with Gasteiger partial charge in [-0.05, 0) is 45.2 Å². The summed E-state index contributed by atoms with van der Waals surface area (Å²) in [6.07, 6.45) is 5.17. The van der Waals surface area contributed by atoms with Crippen LogP contribution in [0.4, 0.5) is 6.01 Å². The quantitative estimate of drug-likeness (QED) is 0.630. The Balaban J connectivity index is 1.37. The number of nitrogens with zero attached hydrogens (tertiary/aromatic N) is 3. The molecule has 0 bridgehead atoms. The van der Waals surface area contributed by atoms with Gasteiger partial charge in [0.05, 0.1) is 6.20 Å². The van der Waals surface area contributed by atoms with Gasteiger partial charge >= 0.3 is 0 Å². The van der Waals surface area contributed by atoms with E-state index in [4.69, 9.17) is 4.42 Å². The maximum absolute atomic E-state index is 12.8. The number of benzene rings is 1. The highest BCUT2D eigenvalue weighted by molar-refractivity contribution is 5.91. The van der Waals surface area contributed by atoms with Crippen molar-refractivity contribution in [2.24, 2.45) is 0 Å². The van der Waals surface area contributed by atoms with E-state index in [0.717, 1.165) is 44.5 Å². The van der Waals surface area contributed by atoms with Crippen LogP contribution < -0.4 is 10.2 Å². The van der Waals surface area contributed by atoms with E-state index in [0.29, 0.717) is 6.01 Å². The van der Waals surface area contributed by atoms with Crippen LogP contribution in [0.1, 0.15) is 50.2 Å². The molecular formula is C24H33N5O2. The molecule has 0 saturated carbocycles. The number of amides is 1. The van der Waals surface area contributed by atoms with E-state index in [9.17, 15) is 4.79 Å². The van der Waals surface area contributed by atoms with Gasteiger partial charge in [-0.3, -0.25) is 9.69 Å². The fourth-order valence-electron chi connectivity index (χ4n) is 4.20. The third-order valence-electron chi connectivity index (χ3n) is 6.19. The summed E-state index contributed by atoms with van der Waals surface area (Å²) < 4.78 is 5.83. The van der Waals surface area contributed by atoms with E-state index >= 15 is 0 Å². The molecule has 7 nitrogen and oxygen atoms in total. The van der Waals surface area contributed by atoms with Crippen LogP contribution in [-0.2, 0) is 6.42 Å². The van der Waals surface area contributed by atoms with Crippen LogP contribution in [0.25, 0.3) is 10.9 Å². The molecule has 1 unspecified atom stereocenters. The fraction of sp³-hybridized carbons (Fsp3) is 0.500. The van der Waals surface area contributed by atoms with Crippen molar-refractivity contribution in [1.82, 2.24) is 20.2 Å². The smallest absolute Gasteiger partial charge is 0.298 e. The van der Waals surface area contributed by atoms with Crippen LogP contribution in [0.15, 0.2) is 41.1 Å². The van der Waals surface area contributed by atoms with E-state index in [1.165, 1.54) is 10.9 Å². The summed E-state index contributed by atoms with van der Waals surface area (Å²) in [5, 5.41) is 4.32. The zero-order chi connectivity index (χ0) is 22.0. The van der Waals surface area contributed by atoms with Crippen LogP contribution >= 0.6 is 0 Å². The molecule has 1 aliphatic rings. The van der Waals surface area contributed by atoms with Crippen molar-refractivity contribution in [3.8, 4) is 0 Å². The van der Waals surface area contributed by atoms with E-state index in [1.807, 2.05) is 18.3 Å². The van der Waals surface area contributed by atoms with Gasteiger partial charge in [0.25, 0.3) is 11.9 Å². The summed E-state index contributed by atoms with van der Waals surface area (Å²) in [7, 11) is 0. The number of anilines is 1. The number of aromatic nitrogens is 2. The first-order valence-corrected chi connectivity index (χ1v) is 11.2. The Morgan fingerprint density at radius 1 is 1.23 bits per heavy atom. The van der Waals surface area contributed by atoms with Crippen molar-refractivity contribution in [2.75, 3.05) is 31.1 Å². The Labute approximate surface area is 183 Å². The molecule has 4 rings (SSSR count). The lowest BCUT2D eigenvalue weighted by Crippen LogP contribution is -2.53. The first-order valence-electron chi connectivity index (χ1n) is 11.2. The molecule has 7 heteroatoms. The number of hydrogen-bond donors (Lipinski definition) is 2. The molecule has 2 N–H and O–H groups in total. The van der Waals surface area contributed by atoms with Crippen LogP contribution in [0, 0.1) is 0 Å². The Bertz CT molecular complexity index is 1020. The molecule has 2 aromatic heterocycles. The van der Waals surface area contributed by atoms with Gasteiger partial charge in [0.1, 0.15) is 0 Å². The number of para-hydroxylation sites is 1. The predicted octanol–water partition coefficient (Wildman–Crippen LogP) is 3.83. The van der Waals surface area contributed by atoms with Gasteiger partial charge in [0.2, 0.25) is 5.76 Å². The number of fused-ring (bicyclic) bond motifs is 1. The number of carbonyl (C=O) groups is 1. The molecule has 166 valence electrons. The highest BCUT2D eigenvalue weighted by atomic mass is 16.4. The van der Waals surface area contributed by atoms with Crippen LogP contribution in [0.2, 0.25) is 0 Å². The molecule has 1 saturated heterocycles. The molecule has 3 heterocycles. The van der Waals surface area contributed by atoms with Crippen molar-refractivity contribution in [2.45, 2.75) is 52.1 Å². The molecule has 1 fully saturated rings. The average Bonchev–Trinajstić information content (AvgIpc) is 3.41. The second kappa shape index (κ2) is 8.75. The summed E-state index contributed by atoms with van der Waals surface area (Å²) in [5.41, 5.74) is 2.48. The first-order chi connectivity index (χ1) is 14.8. The Hall–Kier alpha value is -2.80. The van der Waals surface area contributed by atoms with E-state index in [-0.39, 0.29) is 23.2 Å². The molecule has 1 amide bonds. The molecular weight excluding hydrogens is 390 g/mol. The number of piperazine rings is 1. The lowest BCUT2D eigenvalue weighted by molar-refractivity contribution is 0.0907. The number of rotatable bonds is 6. The molecule has 1 atom stereocenters. The van der Waals surface area contributed by atoms with Gasteiger partial charge in [-0.2, -0.15) is 0 Å². The predicted molar refractivity (Wildman–Crippen MR) is 124 cm³/mol. The topological polar surface area (TPSA) is 77.4 Å². The lowest BCUT2D eigenvalue weighted by atomic mass is 10.0. The number of carbonyl (C=O) groups excluding carboxylic acids is 1. The van der Waals surface area contributed by atoms with Gasteiger partial charge in [-0.1, -0.05) is 25.1 Å². The zero-order valence-corrected chi connectivity index (χ0v) is 18.9. The van der Waals surface area contributed by atoms with Crippen molar-refractivity contribution in [3.05, 3.63) is 48.0 Å². The summed E-state index contributed by atoms with van der Waals surface area (Å²) in [4.78, 5) is 25.1. The molecule has 0 spiro atoms. The number of nitrogens with one attached hydrogen (secondary N) is 2. The third-order valence-corrected chi connectivity index (χ3v) is 6.19. The minimum absolute atomic E-state index is 0.0237. The molecule has 3 aromatic rings. The average molecular weight is 424 g/mol. The lowest BCUT2D eigenvalue weighted by Gasteiger charge is -2.41. The summed E-state index contributed by atoms with van der Waals surface area (Å²) in [6.45, 7) is 12.4. The van der Waals surface area contributed by atoms with E-state index < -0.39 is 0 Å². The highest BCUT2D eigenvalue weighted by Gasteiger charge is 2.28. The van der Waals surface area contributed by atoms with Crippen molar-refractivity contribution in [3.63, 3.8) is 0 Å². The van der Waals surface area contributed by atoms with Crippen LogP contribution in [0.5, 0.6) is 0 Å². The summed E-state index contributed by atoms with van der Waals surface area (Å²) in [6, 6.07) is 8.79. The molecule has 0 aliphatic carbocycles. The second-order valence-corrected chi connectivity index (χ2v) is 9.29. The Kier molecular flexibility index (Phi) is 6.05. The maximum atomic E-state index is 12.8. The van der Waals surface area contributed by atoms with Gasteiger partial charge < -0.3 is 19.6 Å². The Morgan fingerprint density at radius 2 is 1.97 bits per heavy atom. The van der Waals surface area contributed by atoms with Gasteiger partial charge in [0, 0.05) is 54.9 Å². The standard InChI is InChI=1S/C24H33N5O2/c1-5-18(14-17-15-25-20-9-7-6-8-19(17)20)27-22(30)21-16-26-23(31-21)28-10-12-29(13-11-28)24(2,3)4/h6-9,15-16,18,25H,5,10-14H2,1-4H3,(H,27,30). The number of H-pyrrole nitrogens is 1. The second-order valence-electron chi connectivity index (χ2n) is 9.29. The van der Waals surface area contributed by atoms with Crippen molar-refractivity contribution < 1.29 is 9.21 Å². The highest BCUT2D eigenvalue weighted by Crippen LogP contribution is 2.22. The number of oxazole rings is 1. The zero-order valence-electron chi connectivity index (χ0n) is 18.9. The van der Waals surface area contributed by atoms with Crippen molar-refractivity contribution >= 4 is 22.8 Å². The fourth-order valence-corrected chi connectivity index (χ4v) is 4.20. The maximum Gasteiger partial charge on any atom is 0.298 e. The minimum atomic E-state index is -0.209. The monoisotopic (exact) mass is 423 g/mol. The first kappa shape index (κ1) is 21.4. The van der Waals surface area contributed by atoms with Crippen molar-refractivity contribution in [1.29, 1.82) is 0 Å². The molecule has 1 aliphatic heterocycles. The molecule has 0 radical (unpaired) electrons. The van der Waals surface area contributed by atoms with Crippen LogP contribution in [0.3, 0.4) is 0 Å². The Morgan fingerprint density at radius 3 is 2.68 bits per heavy atom. The largest absolute Gasteiger partial charge is 0.418 e. The third kappa shape index (κ3) is 4.77. The van der Waals surface area contributed by atoms with Gasteiger partial charge in [0.15, 0.2) is 0 Å². The molecule has 31 heavy (non-hydrogen) atoms. The van der Waals surface area contributed by atoms with E-state index in [2.05, 4.69) is 64.9 Å². The summed E-state index contributed by atoms with van der Waals surface area (Å²) in [5.74, 6) is 0.0596. The molecule has 1 aromatic carbocycles. The van der Waals surface area contributed by atoms with Gasteiger partial charge in [-0.25, -0.2) is 4.98 Å². The minimum Gasteiger partial charge on any atom is -0.418 e. The number of hydrogen-bond acceptors (Lipinski definition) is 5.